The van der Waals surface area contributed by atoms with Crippen molar-refractivity contribution >= 4 is 34.5 Å². The molecule has 3 rings (SSSR count). The molecule has 0 radical (unpaired) electrons. The van der Waals surface area contributed by atoms with Gasteiger partial charge in [-0.2, -0.15) is 0 Å². The Labute approximate surface area is 113 Å². The quantitative estimate of drug-likeness (QED) is 0.767. The van der Waals surface area contributed by atoms with Crippen LogP contribution in [0.3, 0.4) is 0 Å². The zero-order valence-corrected chi connectivity index (χ0v) is 10.3. The summed E-state index contributed by atoms with van der Waals surface area (Å²) in [6, 6.07) is 4.24. The lowest BCUT2D eigenvalue weighted by molar-refractivity contribution is -0.120. The first-order valence-electron chi connectivity index (χ1n) is 6.02. The van der Waals surface area contributed by atoms with Crippen LogP contribution in [0.1, 0.15) is 16.8 Å². The minimum atomic E-state index is -1.04. The molecule has 2 aromatic rings. The molecule has 2 heterocycles. The number of fused-ring (bicyclic) bond motifs is 1. The van der Waals surface area contributed by atoms with Gasteiger partial charge in [0.1, 0.15) is 0 Å². The molecule has 0 bridgehead atoms. The number of benzene rings is 1. The lowest BCUT2D eigenvalue weighted by Gasteiger charge is -2.27. The molecular weight excluding hydrogens is 262 g/mol. The third-order valence-electron chi connectivity index (χ3n) is 3.28. The molecule has 0 atom stereocenters. The van der Waals surface area contributed by atoms with Crippen LogP contribution in [0.5, 0.6) is 0 Å². The second-order valence-corrected chi connectivity index (χ2v) is 4.46. The van der Waals surface area contributed by atoms with Crippen LogP contribution in [0.15, 0.2) is 24.4 Å². The highest BCUT2D eigenvalue weighted by molar-refractivity contribution is 6.12. The first-order chi connectivity index (χ1) is 9.58. The van der Waals surface area contributed by atoms with Crippen molar-refractivity contribution in [2.24, 2.45) is 0 Å². The maximum atomic E-state index is 11.9. The number of H-pyrrole nitrogens is 1. The molecule has 0 unspecified atom stereocenters. The SMILES string of the molecule is O=C1CCN(c2ccc(C(=O)O)c3[nH]ccc23)C(=O)N1. The molecule has 7 nitrogen and oxygen atoms in total. The Bertz CT molecular complexity index is 734. The summed E-state index contributed by atoms with van der Waals surface area (Å²) in [5.41, 5.74) is 1.18. The van der Waals surface area contributed by atoms with Crippen LogP contribution < -0.4 is 10.2 Å². The predicted molar refractivity (Wildman–Crippen MR) is 70.8 cm³/mol. The van der Waals surface area contributed by atoms with Gasteiger partial charge in [0.15, 0.2) is 0 Å². The summed E-state index contributed by atoms with van der Waals surface area (Å²) in [7, 11) is 0. The number of urea groups is 1. The van der Waals surface area contributed by atoms with Gasteiger partial charge in [0.2, 0.25) is 5.91 Å². The first-order valence-corrected chi connectivity index (χ1v) is 6.02. The fourth-order valence-corrected chi connectivity index (χ4v) is 2.35. The van der Waals surface area contributed by atoms with Crippen molar-refractivity contribution < 1.29 is 19.5 Å². The second kappa shape index (κ2) is 4.37. The van der Waals surface area contributed by atoms with Crippen molar-refractivity contribution in [3.63, 3.8) is 0 Å². The summed E-state index contributed by atoms with van der Waals surface area (Å²) in [5, 5.41) is 12.0. The fourth-order valence-electron chi connectivity index (χ4n) is 2.35. The third kappa shape index (κ3) is 1.80. The van der Waals surface area contributed by atoms with Gasteiger partial charge in [-0.15, -0.1) is 0 Å². The molecule has 0 saturated carbocycles. The summed E-state index contributed by atoms with van der Waals surface area (Å²) >= 11 is 0. The smallest absolute Gasteiger partial charge is 0.337 e. The average Bonchev–Trinajstić information content (AvgIpc) is 2.87. The minimum absolute atomic E-state index is 0.141. The van der Waals surface area contributed by atoms with E-state index < -0.39 is 12.0 Å². The number of aromatic amines is 1. The van der Waals surface area contributed by atoms with Gasteiger partial charge in [0.25, 0.3) is 0 Å². The standard InChI is InChI=1S/C13H11N3O4/c17-10-4-6-16(13(20)15-10)9-2-1-8(12(18)19)11-7(9)3-5-14-11/h1-3,5,14H,4,6H2,(H,18,19)(H,15,17,20). The van der Waals surface area contributed by atoms with Gasteiger partial charge in [-0.3, -0.25) is 15.0 Å². The maximum absolute atomic E-state index is 11.9. The number of nitrogens with one attached hydrogen (secondary N) is 2. The van der Waals surface area contributed by atoms with Crippen LogP contribution >= 0.6 is 0 Å². The number of carboxylic acids is 1. The van der Waals surface area contributed by atoms with Crippen molar-refractivity contribution in [2.45, 2.75) is 6.42 Å². The molecular formula is C13H11N3O4. The van der Waals surface area contributed by atoms with Gasteiger partial charge in [-0.05, 0) is 18.2 Å². The van der Waals surface area contributed by atoms with Gasteiger partial charge in [0.05, 0.1) is 16.8 Å². The van der Waals surface area contributed by atoms with Crippen LogP contribution in [0.25, 0.3) is 10.9 Å². The Kier molecular flexibility index (Phi) is 2.67. The van der Waals surface area contributed by atoms with Crippen LogP contribution in [0, 0.1) is 0 Å². The highest BCUT2D eigenvalue weighted by Gasteiger charge is 2.26. The van der Waals surface area contributed by atoms with E-state index in [1.54, 1.807) is 18.3 Å². The Morgan fingerprint density at radius 2 is 2.05 bits per heavy atom. The molecule has 1 saturated heterocycles. The van der Waals surface area contributed by atoms with E-state index in [1.165, 1.54) is 11.0 Å². The van der Waals surface area contributed by atoms with Crippen LogP contribution in [0.2, 0.25) is 0 Å². The lowest BCUT2D eigenvalue weighted by Crippen LogP contribution is -2.49. The van der Waals surface area contributed by atoms with Crippen LogP contribution in [-0.2, 0) is 4.79 Å². The molecule has 0 spiro atoms. The average molecular weight is 273 g/mol. The van der Waals surface area contributed by atoms with Gasteiger partial charge in [-0.25, -0.2) is 9.59 Å². The van der Waals surface area contributed by atoms with Gasteiger partial charge >= 0.3 is 12.0 Å². The number of nitrogens with zero attached hydrogens (tertiary/aromatic N) is 1. The summed E-state index contributed by atoms with van der Waals surface area (Å²) in [6.45, 7) is 0.275. The number of hydrogen-bond acceptors (Lipinski definition) is 3. The Balaban J connectivity index is 2.11. The van der Waals surface area contributed by atoms with Crippen molar-refractivity contribution in [1.82, 2.24) is 10.3 Å². The van der Waals surface area contributed by atoms with Gasteiger partial charge < -0.3 is 10.1 Å². The van der Waals surface area contributed by atoms with Crippen molar-refractivity contribution in [3.8, 4) is 0 Å². The van der Waals surface area contributed by atoms with Crippen molar-refractivity contribution in [1.29, 1.82) is 0 Å². The Morgan fingerprint density at radius 1 is 1.25 bits per heavy atom. The number of imide groups is 1. The zero-order valence-electron chi connectivity index (χ0n) is 10.3. The number of amides is 3. The van der Waals surface area contributed by atoms with Crippen molar-refractivity contribution in [2.75, 3.05) is 11.4 Å². The van der Waals surface area contributed by atoms with Crippen molar-refractivity contribution in [3.05, 3.63) is 30.0 Å². The van der Waals surface area contributed by atoms with Gasteiger partial charge in [0, 0.05) is 24.5 Å². The predicted octanol–water partition coefficient (Wildman–Crippen LogP) is 1.31. The van der Waals surface area contributed by atoms with E-state index in [1.807, 2.05) is 0 Å². The van der Waals surface area contributed by atoms with E-state index in [0.717, 1.165) is 0 Å². The first kappa shape index (κ1) is 12.2. The molecule has 1 aromatic carbocycles. The highest BCUT2D eigenvalue weighted by atomic mass is 16.4. The number of anilines is 1. The van der Waals surface area contributed by atoms with E-state index in [4.69, 9.17) is 5.11 Å². The van der Waals surface area contributed by atoms with E-state index in [2.05, 4.69) is 10.3 Å². The molecule has 1 aliphatic heterocycles. The number of rotatable bonds is 2. The topological polar surface area (TPSA) is 102 Å². The summed E-state index contributed by atoms with van der Waals surface area (Å²) in [4.78, 5) is 38.5. The molecule has 3 N–H and O–H groups in total. The normalized spacial score (nSPS) is 15.5. The van der Waals surface area contributed by atoms with Crippen LogP contribution in [0.4, 0.5) is 10.5 Å². The maximum Gasteiger partial charge on any atom is 0.337 e. The minimum Gasteiger partial charge on any atom is -0.478 e. The third-order valence-corrected chi connectivity index (χ3v) is 3.28. The van der Waals surface area contributed by atoms with E-state index in [-0.39, 0.29) is 24.4 Å². The summed E-state index contributed by atoms with van der Waals surface area (Å²) < 4.78 is 0. The second-order valence-electron chi connectivity index (χ2n) is 4.46. The summed E-state index contributed by atoms with van der Waals surface area (Å²) in [6.07, 6.45) is 1.84. The number of aromatic carboxylic acids is 1. The number of carbonyl (C=O) groups excluding carboxylic acids is 2. The Morgan fingerprint density at radius 3 is 2.75 bits per heavy atom. The van der Waals surface area contributed by atoms with Crippen LogP contribution in [-0.4, -0.2) is 34.5 Å². The summed E-state index contributed by atoms with van der Waals surface area (Å²) in [5.74, 6) is -1.35. The number of aromatic nitrogens is 1. The van der Waals surface area contributed by atoms with Gasteiger partial charge in [-0.1, -0.05) is 0 Å². The monoisotopic (exact) mass is 273 g/mol. The number of carbonyl (C=O) groups is 3. The lowest BCUT2D eigenvalue weighted by atomic mass is 10.1. The molecule has 7 heteroatoms. The van der Waals surface area contributed by atoms with E-state index >= 15 is 0 Å². The van der Waals surface area contributed by atoms with E-state index in [0.29, 0.717) is 16.6 Å². The Hall–Kier alpha value is -2.83. The number of hydrogen-bond donors (Lipinski definition) is 3. The molecule has 0 aliphatic carbocycles. The molecule has 20 heavy (non-hydrogen) atoms. The molecule has 3 amide bonds. The molecule has 102 valence electrons. The molecule has 1 fully saturated rings. The fraction of sp³-hybridized carbons (Fsp3) is 0.154. The molecule has 1 aliphatic rings. The highest BCUT2D eigenvalue weighted by Crippen LogP contribution is 2.30. The molecule has 1 aromatic heterocycles. The zero-order chi connectivity index (χ0) is 14.3. The number of carboxylic acid groups (broad SMARTS) is 1. The largest absolute Gasteiger partial charge is 0.478 e. The van der Waals surface area contributed by atoms with E-state index in [9.17, 15) is 14.4 Å².